The Balaban J connectivity index is 3.12. The molecule has 0 saturated heterocycles. The van der Waals surface area contributed by atoms with Crippen molar-refractivity contribution in [3.8, 4) is 0 Å². The first kappa shape index (κ1) is 12.6. The van der Waals surface area contributed by atoms with Gasteiger partial charge in [-0.1, -0.05) is 13.8 Å². The largest absolute Gasteiger partial charge is 0.378 e. The van der Waals surface area contributed by atoms with Gasteiger partial charge in [0.05, 0.1) is 12.3 Å². The lowest BCUT2D eigenvalue weighted by molar-refractivity contribution is 0.184. The second kappa shape index (κ2) is 4.60. The van der Waals surface area contributed by atoms with E-state index in [4.69, 9.17) is 10.5 Å². The van der Waals surface area contributed by atoms with E-state index < -0.39 is 0 Å². The Hall–Kier alpha value is -0.450. The molecule has 0 atom stereocenters. The number of ether oxygens (including phenoxy) is 1. The Labute approximate surface area is 95.7 Å². The lowest BCUT2D eigenvalue weighted by Gasteiger charge is -2.19. The molecule has 1 aromatic rings. The predicted octanol–water partition coefficient (Wildman–Crippen LogP) is 2.61. The SMILES string of the molecule is COCc1nc(C(C)C)c(C(C)(C)N)s1. The number of aromatic nitrogens is 1. The van der Waals surface area contributed by atoms with E-state index in [9.17, 15) is 0 Å². The molecule has 0 aliphatic carbocycles. The minimum Gasteiger partial charge on any atom is -0.378 e. The van der Waals surface area contributed by atoms with E-state index >= 15 is 0 Å². The molecule has 0 unspecified atom stereocenters. The van der Waals surface area contributed by atoms with Crippen LogP contribution in [-0.2, 0) is 16.9 Å². The lowest BCUT2D eigenvalue weighted by atomic mass is 9.98. The van der Waals surface area contributed by atoms with Crippen LogP contribution in [0.4, 0.5) is 0 Å². The third-order valence-corrected chi connectivity index (χ3v) is 3.48. The van der Waals surface area contributed by atoms with Gasteiger partial charge in [-0.2, -0.15) is 0 Å². The summed E-state index contributed by atoms with van der Waals surface area (Å²) in [5, 5.41) is 1.01. The number of rotatable bonds is 4. The van der Waals surface area contributed by atoms with Crippen molar-refractivity contribution in [1.82, 2.24) is 4.98 Å². The van der Waals surface area contributed by atoms with Crippen molar-refractivity contribution in [1.29, 1.82) is 0 Å². The molecule has 0 bridgehead atoms. The second-order valence-corrected chi connectivity index (χ2v) is 5.71. The molecule has 1 aromatic heterocycles. The number of hydrogen-bond donors (Lipinski definition) is 1. The number of nitrogens with zero attached hydrogens (tertiary/aromatic N) is 1. The van der Waals surface area contributed by atoms with Crippen LogP contribution in [0.5, 0.6) is 0 Å². The summed E-state index contributed by atoms with van der Waals surface area (Å²) < 4.78 is 5.10. The van der Waals surface area contributed by atoms with Gasteiger partial charge >= 0.3 is 0 Å². The van der Waals surface area contributed by atoms with E-state index in [-0.39, 0.29) is 5.54 Å². The molecule has 2 N–H and O–H groups in total. The van der Waals surface area contributed by atoms with E-state index in [1.807, 2.05) is 13.8 Å². The first-order valence-corrected chi connectivity index (χ1v) is 5.95. The topological polar surface area (TPSA) is 48.1 Å². The molecule has 1 rings (SSSR count). The molecule has 0 aliphatic heterocycles. The summed E-state index contributed by atoms with van der Waals surface area (Å²) in [4.78, 5) is 5.75. The highest BCUT2D eigenvalue weighted by atomic mass is 32.1. The minimum atomic E-state index is -0.316. The highest BCUT2D eigenvalue weighted by Crippen LogP contribution is 2.32. The van der Waals surface area contributed by atoms with Gasteiger partial charge in [0, 0.05) is 17.5 Å². The van der Waals surface area contributed by atoms with Crippen LogP contribution in [0.3, 0.4) is 0 Å². The lowest BCUT2D eigenvalue weighted by Crippen LogP contribution is -2.28. The molecule has 0 fully saturated rings. The van der Waals surface area contributed by atoms with Crippen molar-refractivity contribution in [2.45, 2.75) is 45.8 Å². The van der Waals surface area contributed by atoms with Gasteiger partial charge in [0.2, 0.25) is 0 Å². The van der Waals surface area contributed by atoms with Crippen molar-refractivity contribution >= 4 is 11.3 Å². The van der Waals surface area contributed by atoms with Gasteiger partial charge in [0.1, 0.15) is 5.01 Å². The highest BCUT2D eigenvalue weighted by molar-refractivity contribution is 7.11. The fourth-order valence-electron chi connectivity index (χ4n) is 1.42. The highest BCUT2D eigenvalue weighted by Gasteiger charge is 2.24. The van der Waals surface area contributed by atoms with Gasteiger partial charge in [-0.25, -0.2) is 4.98 Å². The fourth-order valence-corrected chi connectivity index (χ4v) is 2.62. The third-order valence-electron chi connectivity index (χ3n) is 2.10. The van der Waals surface area contributed by atoms with Gasteiger partial charge in [-0.3, -0.25) is 0 Å². The predicted molar refractivity (Wildman–Crippen MR) is 64.1 cm³/mol. The maximum Gasteiger partial charge on any atom is 0.119 e. The maximum absolute atomic E-state index is 6.13. The zero-order valence-electron chi connectivity index (χ0n) is 10.1. The zero-order valence-corrected chi connectivity index (χ0v) is 10.9. The van der Waals surface area contributed by atoms with Crippen LogP contribution in [0.2, 0.25) is 0 Å². The maximum atomic E-state index is 6.13. The van der Waals surface area contributed by atoms with E-state index in [0.29, 0.717) is 12.5 Å². The zero-order chi connectivity index (χ0) is 11.6. The molecule has 1 heterocycles. The smallest absolute Gasteiger partial charge is 0.119 e. The van der Waals surface area contributed by atoms with Crippen LogP contribution in [0.1, 0.15) is 49.2 Å². The molecule has 0 amide bonds. The minimum absolute atomic E-state index is 0.316. The van der Waals surface area contributed by atoms with Crippen molar-refractivity contribution in [2.75, 3.05) is 7.11 Å². The van der Waals surface area contributed by atoms with Crippen LogP contribution < -0.4 is 5.73 Å². The molecule has 0 radical (unpaired) electrons. The molecule has 86 valence electrons. The third kappa shape index (κ3) is 3.00. The molecular weight excluding hydrogens is 208 g/mol. The van der Waals surface area contributed by atoms with Crippen LogP contribution in [-0.4, -0.2) is 12.1 Å². The number of nitrogens with two attached hydrogens (primary N) is 1. The molecular formula is C11H20N2OS. The van der Waals surface area contributed by atoms with Gasteiger partial charge in [-0.05, 0) is 19.8 Å². The molecule has 0 saturated carbocycles. The van der Waals surface area contributed by atoms with Crippen LogP contribution in [0.15, 0.2) is 0 Å². The molecule has 0 aromatic carbocycles. The summed E-state index contributed by atoms with van der Waals surface area (Å²) in [5.74, 6) is 0.407. The van der Waals surface area contributed by atoms with Crippen molar-refractivity contribution in [3.63, 3.8) is 0 Å². The van der Waals surface area contributed by atoms with E-state index in [1.165, 1.54) is 4.88 Å². The fraction of sp³-hybridized carbons (Fsp3) is 0.727. The molecule has 0 spiro atoms. The Morgan fingerprint density at radius 1 is 1.47 bits per heavy atom. The quantitative estimate of drug-likeness (QED) is 0.861. The van der Waals surface area contributed by atoms with Crippen molar-refractivity contribution < 1.29 is 4.74 Å². The first-order chi connectivity index (χ1) is 6.86. The summed E-state index contributed by atoms with van der Waals surface area (Å²) in [7, 11) is 1.68. The number of thiazole rings is 1. The van der Waals surface area contributed by atoms with Gasteiger partial charge in [0.25, 0.3) is 0 Å². The van der Waals surface area contributed by atoms with E-state index in [1.54, 1.807) is 18.4 Å². The first-order valence-electron chi connectivity index (χ1n) is 5.14. The Morgan fingerprint density at radius 2 is 2.07 bits per heavy atom. The number of hydrogen-bond acceptors (Lipinski definition) is 4. The molecule has 0 aliphatic rings. The molecule has 4 heteroatoms. The molecule has 15 heavy (non-hydrogen) atoms. The van der Waals surface area contributed by atoms with Crippen molar-refractivity contribution in [2.24, 2.45) is 5.73 Å². The normalized spacial score (nSPS) is 12.5. The number of methoxy groups -OCH3 is 1. The summed E-state index contributed by atoms with van der Waals surface area (Å²) in [6.07, 6.45) is 0. The van der Waals surface area contributed by atoms with Gasteiger partial charge in [0.15, 0.2) is 0 Å². The molecule has 3 nitrogen and oxygen atoms in total. The van der Waals surface area contributed by atoms with Gasteiger partial charge in [-0.15, -0.1) is 11.3 Å². The Bertz CT molecular complexity index is 326. The van der Waals surface area contributed by atoms with E-state index in [0.717, 1.165) is 10.7 Å². The monoisotopic (exact) mass is 228 g/mol. The Morgan fingerprint density at radius 3 is 2.40 bits per heavy atom. The average molecular weight is 228 g/mol. The summed E-state index contributed by atoms with van der Waals surface area (Å²) in [5.41, 5.74) is 6.93. The van der Waals surface area contributed by atoms with Crippen molar-refractivity contribution in [3.05, 3.63) is 15.6 Å². The standard InChI is InChI=1S/C11H20N2OS/c1-7(2)9-10(11(3,4)12)15-8(13-9)6-14-5/h7H,6,12H2,1-5H3. The van der Waals surface area contributed by atoms with Gasteiger partial charge < -0.3 is 10.5 Å². The van der Waals surface area contributed by atoms with E-state index in [2.05, 4.69) is 18.8 Å². The van der Waals surface area contributed by atoms with Crippen LogP contribution in [0, 0.1) is 0 Å². The summed E-state index contributed by atoms with van der Waals surface area (Å²) in [6.45, 7) is 8.88. The van der Waals surface area contributed by atoms with Crippen LogP contribution in [0.25, 0.3) is 0 Å². The van der Waals surface area contributed by atoms with Crippen LogP contribution >= 0.6 is 11.3 Å². The second-order valence-electron chi connectivity index (χ2n) is 4.63. The average Bonchev–Trinajstić information content (AvgIpc) is 2.48. The summed E-state index contributed by atoms with van der Waals surface area (Å²) in [6, 6.07) is 0. The summed E-state index contributed by atoms with van der Waals surface area (Å²) >= 11 is 1.66. The Kier molecular flexibility index (Phi) is 3.87.